The molecular weight excluding hydrogens is 291 g/mol. The second-order valence-corrected chi connectivity index (χ2v) is 5.14. The van der Waals surface area contributed by atoms with Gasteiger partial charge < -0.3 is 4.74 Å². The quantitative estimate of drug-likeness (QED) is 0.754. The minimum Gasteiger partial charge on any atom is -0.493 e. The maximum atomic E-state index is 13.8. The van der Waals surface area contributed by atoms with Crippen molar-refractivity contribution in [3.63, 3.8) is 0 Å². The standard InChI is InChI=1S/C17H16ClFO2/c1-3-21-17-8-7-11(2)9-13(17)16(20)10-12-14(18)5-4-6-15(12)19/h4-9H,3,10H2,1-2H3. The van der Waals surface area contributed by atoms with Crippen molar-refractivity contribution in [2.24, 2.45) is 0 Å². The van der Waals surface area contributed by atoms with Crippen molar-refractivity contribution in [3.05, 3.63) is 63.9 Å². The summed E-state index contributed by atoms with van der Waals surface area (Å²) in [6, 6.07) is 9.78. The van der Waals surface area contributed by atoms with E-state index in [0.717, 1.165) is 5.56 Å². The van der Waals surface area contributed by atoms with Crippen molar-refractivity contribution in [3.8, 4) is 5.75 Å². The van der Waals surface area contributed by atoms with E-state index < -0.39 is 5.82 Å². The summed E-state index contributed by atoms with van der Waals surface area (Å²) < 4.78 is 19.3. The van der Waals surface area contributed by atoms with E-state index in [1.54, 1.807) is 18.2 Å². The van der Waals surface area contributed by atoms with Gasteiger partial charge in [-0.25, -0.2) is 4.39 Å². The van der Waals surface area contributed by atoms with Crippen LogP contribution in [-0.2, 0) is 6.42 Å². The molecule has 0 amide bonds. The summed E-state index contributed by atoms with van der Waals surface area (Å²) in [6.45, 7) is 4.20. The number of rotatable bonds is 5. The molecule has 2 nitrogen and oxygen atoms in total. The SMILES string of the molecule is CCOc1ccc(C)cc1C(=O)Cc1c(F)cccc1Cl. The molecule has 0 heterocycles. The highest BCUT2D eigenvalue weighted by Gasteiger charge is 2.17. The molecule has 0 radical (unpaired) electrons. The fourth-order valence-electron chi connectivity index (χ4n) is 2.10. The molecule has 0 aliphatic heterocycles. The predicted molar refractivity (Wildman–Crippen MR) is 81.8 cm³/mol. The first-order valence-corrected chi connectivity index (χ1v) is 7.10. The van der Waals surface area contributed by atoms with Crippen LogP contribution in [0.2, 0.25) is 5.02 Å². The Balaban J connectivity index is 2.34. The molecule has 0 spiro atoms. The van der Waals surface area contributed by atoms with Gasteiger partial charge in [0.15, 0.2) is 5.78 Å². The molecule has 0 N–H and O–H groups in total. The lowest BCUT2D eigenvalue weighted by Crippen LogP contribution is -2.09. The molecule has 21 heavy (non-hydrogen) atoms. The van der Waals surface area contributed by atoms with Crippen LogP contribution < -0.4 is 4.74 Å². The monoisotopic (exact) mass is 306 g/mol. The van der Waals surface area contributed by atoms with Gasteiger partial charge in [0.05, 0.1) is 12.2 Å². The molecule has 2 aromatic rings. The zero-order chi connectivity index (χ0) is 15.4. The van der Waals surface area contributed by atoms with E-state index in [2.05, 4.69) is 0 Å². The summed E-state index contributed by atoms with van der Waals surface area (Å²) in [4.78, 5) is 12.5. The second kappa shape index (κ2) is 6.72. The van der Waals surface area contributed by atoms with Crippen LogP contribution in [0.1, 0.15) is 28.4 Å². The molecular formula is C17H16ClFO2. The van der Waals surface area contributed by atoms with Gasteiger partial charge in [-0.3, -0.25) is 4.79 Å². The number of Topliss-reactive ketones (excluding diaryl/α,β-unsaturated/α-hetero) is 1. The van der Waals surface area contributed by atoms with Gasteiger partial charge in [-0.05, 0) is 38.1 Å². The molecule has 110 valence electrons. The van der Waals surface area contributed by atoms with Crippen LogP contribution in [0.3, 0.4) is 0 Å². The number of aryl methyl sites for hydroxylation is 1. The Kier molecular flexibility index (Phi) is 4.97. The van der Waals surface area contributed by atoms with Gasteiger partial charge in [-0.2, -0.15) is 0 Å². The number of carbonyl (C=O) groups is 1. The van der Waals surface area contributed by atoms with E-state index in [0.29, 0.717) is 17.9 Å². The van der Waals surface area contributed by atoms with Crippen molar-refractivity contribution in [1.29, 1.82) is 0 Å². The molecule has 0 aliphatic rings. The minimum atomic E-state index is -0.471. The normalized spacial score (nSPS) is 10.5. The lowest BCUT2D eigenvalue weighted by Gasteiger charge is -2.11. The first kappa shape index (κ1) is 15.5. The van der Waals surface area contributed by atoms with E-state index in [4.69, 9.17) is 16.3 Å². The highest BCUT2D eigenvalue weighted by molar-refractivity contribution is 6.31. The third-order valence-electron chi connectivity index (χ3n) is 3.13. The second-order valence-electron chi connectivity index (χ2n) is 4.73. The Morgan fingerprint density at radius 2 is 2.05 bits per heavy atom. The van der Waals surface area contributed by atoms with E-state index in [1.165, 1.54) is 12.1 Å². The molecule has 0 unspecified atom stereocenters. The van der Waals surface area contributed by atoms with E-state index >= 15 is 0 Å². The van der Waals surface area contributed by atoms with Gasteiger partial charge in [0.2, 0.25) is 0 Å². The molecule has 0 aromatic heterocycles. The zero-order valence-corrected chi connectivity index (χ0v) is 12.7. The largest absolute Gasteiger partial charge is 0.493 e. The van der Waals surface area contributed by atoms with Crippen molar-refractivity contribution >= 4 is 17.4 Å². The summed E-state index contributed by atoms with van der Waals surface area (Å²) in [5.74, 6) is -0.170. The first-order chi connectivity index (χ1) is 10.0. The van der Waals surface area contributed by atoms with Crippen LogP contribution in [0.25, 0.3) is 0 Å². The zero-order valence-electron chi connectivity index (χ0n) is 12.0. The lowest BCUT2D eigenvalue weighted by molar-refractivity contribution is 0.0988. The van der Waals surface area contributed by atoms with Crippen molar-refractivity contribution < 1.29 is 13.9 Å². The van der Waals surface area contributed by atoms with Gasteiger partial charge in [0.25, 0.3) is 0 Å². The van der Waals surface area contributed by atoms with E-state index in [1.807, 2.05) is 19.9 Å². The lowest BCUT2D eigenvalue weighted by atomic mass is 10.00. The highest BCUT2D eigenvalue weighted by Crippen LogP contribution is 2.25. The molecule has 0 atom stereocenters. The molecule has 0 aliphatic carbocycles. The Hall–Kier alpha value is -1.87. The van der Waals surface area contributed by atoms with Crippen LogP contribution in [-0.4, -0.2) is 12.4 Å². The third-order valence-corrected chi connectivity index (χ3v) is 3.49. The minimum absolute atomic E-state index is 0.0883. The van der Waals surface area contributed by atoms with E-state index in [9.17, 15) is 9.18 Å². The van der Waals surface area contributed by atoms with Gasteiger partial charge in [-0.15, -0.1) is 0 Å². The fraction of sp³-hybridized carbons (Fsp3) is 0.235. The Labute approximate surface area is 128 Å². The van der Waals surface area contributed by atoms with Gasteiger partial charge in [0, 0.05) is 17.0 Å². The first-order valence-electron chi connectivity index (χ1n) is 6.72. The molecule has 0 bridgehead atoms. The van der Waals surface area contributed by atoms with Gasteiger partial charge in [-0.1, -0.05) is 29.3 Å². The number of halogens is 2. The molecule has 2 aromatic carbocycles. The third kappa shape index (κ3) is 3.61. The van der Waals surface area contributed by atoms with E-state index in [-0.39, 0.29) is 22.8 Å². The predicted octanol–water partition coefficient (Wildman–Crippen LogP) is 4.61. The average Bonchev–Trinajstić information content (AvgIpc) is 2.45. The summed E-state index contributed by atoms with van der Waals surface area (Å²) >= 11 is 5.97. The maximum Gasteiger partial charge on any atom is 0.171 e. The number of ketones is 1. The number of carbonyl (C=O) groups excluding carboxylic acids is 1. The summed E-state index contributed by atoms with van der Waals surface area (Å²) in [6.07, 6.45) is -0.0883. The van der Waals surface area contributed by atoms with Crippen LogP contribution in [0.4, 0.5) is 4.39 Å². The van der Waals surface area contributed by atoms with Gasteiger partial charge >= 0.3 is 0 Å². The number of hydrogen-bond acceptors (Lipinski definition) is 2. The Morgan fingerprint density at radius 1 is 1.29 bits per heavy atom. The highest BCUT2D eigenvalue weighted by atomic mass is 35.5. The molecule has 0 saturated carbocycles. The average molecular weight is 307 g/mol. The van der Waals surface area contributed by atoms with Crippen LogP contribution in [0.15, 0.2) is 36.4 Å². The Bertz CT molecular complexity index is 648. The van der Waals surface area contributed by atoms with Crippen molar-refractivity contribution in [2.75, 3.05) is 6.61 Å². The van der Waals surface area contributed by atoms with Crippen LogP contribution in [0, 0.1) is 12.7 Å². The van der Waals surface area contributed by atoms with Crippen LogP contribution >= 0.6 is 11.6 Å². The van der Waals surface area contributed by atoms with Crippen molar-refractivity contribution in [2.45, 2.75) is 20.3 Å². The molecule has 0 saturated heterocycles. The smallest absolute Gasteiger partial charge is 0.171 e. The summed E-state index contributed by atoms with van der Waals surface area (Å²) in [5, 5.41) is 0.258. The van der Waals surface area contributed by atoms with Gasteiger partial charge in [0.1, 0.15) is 11.6 Å². The molecule has 4 heteroatoms. The number of benzene rings is 2. The summed E-state index contributed by atoms with van der Waals surface area (Å²) in [5.41, 5.74) is 1.62. The maximum absolute atomic E-state index is 13.8. The summed E-state index contributed by atoms with van der Waals surface area (Å²) in [7, 11) is 0. The Morgan fingerprint density at radius 3 is 2.71 bits per heavy atom. The van der Waals surface area contributed by atoms with Crippen LogP contribution in [0.5, 0.6) is 5.75 Å². The fourth-order valence-corrected chi connectivity index (χ4v) is 2.33. The van der Waals surface area contributed by atoms with Crippen molar-refractivity contribution in [1.82, 2.24) is 0 Å². The number of hydrogen-bond donors (Lipinski definition) is 0. The molecule has 2 rings (SSSR count). The topological polar surface area (TPSA) is 26.3 Å². The molecule has 0 fully saturated rings. The number of ether oxygens (including phenoxy) is 1.